The van der Waals surface area contributed by atoms with Crippen LogP contribution < -0.4 is 4.90 Å². The number of hydrogen-bond acceptors (Lipinski definition) is 4. The van der Waals surface area contributed by atoms with Crippen molar-refractivity contribution in [2.75, 3.05) is 31.1 Å². The molecule has 0 aromatic heterocycles. The van der Waals surface area contributed by atoms with Gasteiger partial charge in [0.15, 0.2) is 0 Å². The molecule has 1 fully saturated rings. The summed E-state index contributed by atoms with van der Waals surface area (Å²) >= 11 is 9.64. The van der Waals surface area contributed by atoms with E-state index in [4.69, 9.17) is 11.6 Å². The number of anilines is 1. The molecule has 2 aliphatic rings. The quantitative estimate of drug-likeness (QED) is 0.387. The van der Waals surface area contributed by atoms with E-state index in [2.05, 4.69) is 33.0 Å². The van der Waals surface area contributed by atoms with Gasteiger partial charge < -0.3 is 4.90 Å². The normalized spacial score (nSPS) is 19.6. The summed E-state index contributed by atoms with van der Waals surface area (Å²) in [7, 11) is -3.82. The first-order valence-electron chi connectivity index (χ1n) is 12.3. The van der Waals surface area contributed by atoms with Gasteiger partial charge in [-0.05, 0) is 54.3 Å². The molecular formula is C28H29BrClN3O3S. The summed E-state index contributed by atoms with van der Waals surface area (Å²) in [5.74, 6) is -0.150. The number of fused-ring (bicyclic) bond motifs is 1. The molecule has 0 bridgehead atoms. The molecule has 2 heterocycles. The van der Waals surface area contributed by atoms with Crippen molar-refractivity contribution < 1.29 is 13.2 Å². The second-order valence-electron chi connectivity index (χ2n) is 9.66. The molecule has 0 spiro atoms. The molecule has 2 aliphatic heterocycles. The van der Waals surface area contributed by atoms with E-state index < -0.39 is 10.0 Å². The van der Waals surface area contributed by atoms with Gasteiger partial charge in [-0.25, -0.2) is 8.42 Å². The summed E-state index contributed by atoms with van der Waals surface area (Å²) in [4.78, 5) is 16.6. The maximum Gasteiger partial charge on any atom is 0.245 e. The molecule has 37 heavy (non-hydrogen) atoms. The van der Waals surface area contributed by atoms with Gasteiger partial charge >= 0.3 is 0 Å². The lowest BCUT2D eigenvalue weighted by molar-refractivity contribution is -0.116. The highest BCUT2D eigenvalue weighted by molar-refractivity contribution is 9.10. The molecule has 194 valence electrons. The first-order chi connectivity index (χ1) is 17.7. The smallest absolute Gasteiger partial charge is 0.245 e. The fraction of sp³-hybridized carbons (Fsp3) is 0.321. The number of sulfonamides is 1. The summed E-state index contributed by atoms with van der Waals surface area (Å²) in [5, 5.41) is 0.682. The number of carbonyl (C=O) groups is 1. The van der Waals surface area contributed by atoms with Gasteiger partial charge in [0.1, 0.15) is 4.90 Å². The van der Waals surface area contributed by atoms with Gasteiger partial charge in [-0.15, -0.1) is 0 Å². The van der Waals surface area contributed by atoms with Crippen LogP contribution in [-0.4, -0.2) is 55.8 Å². The summed E-state index contributed by atoms with van der Waals surface area (Å²) in [6.45, 7) is 5.30. The zero-order valence-electron chi connectivity index (χ0n) is 20.8. The van der Waals surface area contributed by atoms with E-state index in [0.717, 1.165) is 16.7 Å². The first kappa shape index (κ1) is 26.4. The van der Waals surface area contributed by atoms with Gasteiger partial charge in [0.25, 0.3) is 0 Å². The molecule has 0 aliphatic carbocycles. The molecule has 1 saturated heterocycles. The SMILES string of the molecule is CC(=O)N1c2c(cc(Br)cc2S(=O)(=O)N2CCN(C(c3ccccc3)c3ccc(Cl)cc3)CC2)CC1C. The van der Waals surface area contributed by atoms with Crippen LogP contribution in [0.1, 0.15) is 36.6 Å². The van der Waals surface area contributed by atoms with E-state index in [-0.39, 0.29) is 22.9 Å². The average Bonchev–Trinajstić information content (AvgIpc) is 3.21. The van der Waals surface area contributed by atoms with Gasteiger partial charge in [0, 0.05) is 48.6 Å². The number of hydrogen-bond donors (Lipinski definition) is 0. The van der Waals surface area contributed by atoms with Crippen LogP contribution in [0, 0.1) is 0 Å². The third-order valence-corrected chi connectivity index (χ3v) is 9.83. The number of nitrogens with zero attached hydrogens (tertiary/aromatic N) is 3. The molecule has 3 aromatic rings. The predicted octanol–water partition coefficient (Wildman–Crippen LogP) is 5.50. The van der Waals surface area contributed by atoms with Crippen LogP contribution in [0.15, 0.2) is 76.1 Å². The van der Waals surface area contributed by atoms with Crippen molar-refractivity contribution in [3.63, 3.8) is 0 Å². The standard InChI is InChI=1S/C28H29BrClN3O3S/c1-19-16-23-17-24(29)18-26(28(23)33(19)20(2)34)37(35,36)32-14-12-31(13-15-32)27(21-6-4-3-5-7-21)22-8-10-25(30)11-9-22/h3-11,17-19,27H,12-16H2,1-2H3. The summed E-state index contributed by atoms with van der Waals surface area (Å²) in [6, 6.07) is 21.6. The van der Waals surface area contributed by atoms with Crippen LogP contribution in [0.25, 0.3) is 0 Å². The molecule has 5 rings (SSSR count). The topological polar surface area (TPSA) is 60.9 Å². The molecule has 0 N–H and O–H groups in total. The Hall–Kier alpha value is -2.23. The number of piperazine rings is 1. The van der Waals surface area contributed by atoms with Crippen LogP contribution in [-0.2, 0) is 21.2 Å². The van der Waals surface area contributed by atoms with Crippen LogP contribution in [0.5, 0.6) is 0 Å². The second kappa shape index (κ2) is 10.5. The zero-order chi connectivity index (χ0) is 26.3. The molecule has 0 radical (unpaired) electrons. The fourth-order valence-electron chi connectivity index (χ4n) is 5.59. The first-order valence-corrected chi connectivity index (χ1v) is 14.9. The van der Waals surface area contributed by atoms with Crippen molar-refractivity contribution in [1.82, 2.24) is 9.21 Å². The molecular weight excluding hydrogens is 574 g/mol. The summed E-state index contributed by atoms with van der Waals surface area (Å²) in [5.41, 5.74) is 3.66. The number of benzene rings is 3. The van der Waals surface area contributed by atoms with E-state index in [1.807, 2.05) is 55.5 Å². The monoisotopic (exact) mass is 601 g/mol. The van der Waals surface area contributed by atoms with E-state index in [1.54, 1.807) is 15.3 Å². The van der Waals surface area contributed by atoms with Crippen molar-refractivity contribution in [3.05, 3.63) is 92.9 Å². The van der Waals surface area contributed by atoms with E-state index in [9.17, 15) is 13.2 Å². The van der Waals surface area contributed by atoms with Crippen LogP contribution >= 0.6 is 27.5 Å². The lowest BCUT2D eigenvalue weighted by atomic mass is 9.96. The van der Waals surface area contributed by atoms with E-state index >= 15 is 0 Å². The highest BCUT2D eigenvalue weighted by atomic mass is 79.9. The summed E-state index contributed by atoms with van der Waals surface area (Å²) < 4.78 is 30.2. The van der Waals surface area contributed by atoms with E-state index in [1.165, 1.54) is 6.92 Å². The second-order valence-corrected chi connectivity index (χ2v) is 12.9. The Morgan fingerprint density at radius 2 is 1.59 bits per heavy atom. The van der Waals surface area contributed by atoms with Gasteiger partial charge in [-0.2, -0.15) is 4.31 Å². The zero-order valence-corrected chi connectivity index (χ0v) is 23.9. The minimum absolute atomic E-state index is 0.00695. The maximum absolute atomic E-state index is 14.0. The Morgan fingerprint density at radius 1 is 0.973 bits per heavy atom. The van der Waals surface area contributed by atoms with Gasteiger partial charge in [-0.3, -0.25) is 9.69 Å². The Kier molecular flexibility index (Phi) is 7.49. The lowest BCUT2D eigenvalue weighted by Gasteiger charge is -2.39. The third kappa shape index (κ3) is 5.10. The molecule has 9 heteroatoms. The van der Waals surface area contributed by atoms with Gasteiger partial charge in [-0.1, -0.05) is 70.0 Å². The van der Waals surface area contributed by atoms with Crippen molar-refractivity contribution in [2.45, 2.75) is 37.2 Å². The Balaban J connectivity index is 1.43. The van der Waals surface area contributed by atoms with Crippen LogP contribution in [0.3, 0.4) is 0 Å². The van der Waals surface area contributed by atoms with Crippen LogP contribution in [0.4, 0.5) is 5.69 Å². The number of amides is 1. The minimum Gasteiger partial charge on any atom is -0.308 e. The third-order valence-electron chi connectivity index (χ3n) is 7.21. The Bertz CT molecular complexity index is 1410. The highest BCUT2D eigenvalue weighted by Crippen LogP contribution is 2.41. The molecule has 2 atom stereocenters. The Labute approximate surface area is 232 Å². The lowest BCUT2D eigenvalue weighted by Crippen LogP contribution is -2.50. The maximum atomic E-state index is 14.0. The molecule has 2 unspecified atom stereocenters. The molecule has 3 aromatic carbocycles. The van der Waals surface area contributed by atoms with Crippen molar-refractivity contribution >= 4 is 49.1 Å². The number of rotatable bonds is 5. The number of halogens is 2. The van der Waals surface area contributed by atoms with Crippen molar-refractivity contribution in [3.8, 4) is 0 Å². The minimum atomic E-state index is -3.82. The Morgan fingerprint density at radius 3 is 2.22 bits per heavy atom. The van der Waals surface area contributed by atoms with Gasteiger partial charge in [0.2, 0.25) is 15.9 Å². The van der Waals surface area contributed by atoms with Crippen molar-refractivity contribution in [2.24, 2.45) is 0 Å². The molecule has 1 amide bonds. The van der Waals surface area contributed by atoms with Gasteiger partial charge in [0.05, 0.1) is 11.7 Å². The fourth-order valence-corrected chi connectivity index (χ4v) is 8.04. The van der Waals surface area contributed by atoms with E-state index in [0.29, 0.717) is 47.8 Å². The summed E-state index contributed by atoms with van der Waals surface area (Å²) in [6.07, 6.45) is 0.629. The number of carbonyl (C=O) groups excluding carboxylic acids is 1. The molecule has 0 saturated carbocycles. The predicted molar refractivity (Wildman–Crippen MR) is 151 cm³/mol. The average molecular weight is 603 g/mol. The highest BCUT2D eigenvalue weighted by Gasteiger charge is 2.39. The largest absolute Gasteiger partial charge is 0.308 e. The van der Waals surface area contributed by atoms with Crippen LogP contribution in [0.2, 0.25) is 5.02 Å². The van der Waals surface area contributed by atoms with Crippen molar-refractivity contribution in [1.29, 1.82) is 0 Å². The molecule has 6 nitrogen and oxygen atoms in total.